The summed E-state index contributed by atoms with van der Waals surface area (Å²) in [5, 5.41) is 0.595. The van der Waals surface area contributed by atoms with Crippen LogP contribution in [-0.4, -0.2) is 29.1 Å². The summed E-state index contributed by atoms with van der Waals surface area (Å²) in [6, 6.07) is 12.1. The van der Waals surface area contributed by atoms with E-state index in [4.69, 9.17) is 0 Å². The molecule has 0 saturated heterocycles. The highest BCUT2D eigenvalue weighted by atomic mass is 79.9. The fourth-order valence-corrected chi connectivity index (χ4v) is 3.69. The van der Waals surface area contributed by atoms with Gasteiger partial charge < -0.3 is 0 Å². The van der Waals surface area contributed by atoms with Crippen LogP contribution in [-0.2, 0) is 11.9 Å². The highest BCUT2D eigenvalue weighted by Crippen LogP contribution is 2.29. The predicted molar refractivity (Wildman–Crippen MR) is 100 cm³/mol. The number of hydrogen-bond donors (Lipinski definition) is 0. The molecule has 0 fully saturated rings. The van der Waals surface area contributed by atoms with E-state index < -0.39 is 11.7 Å². The number of nitrogens with zero attached hydrogens (tertiary/aromatic N) is 2. The zero-order valence-electron chi connectivity index (χ0n) is 13.5. The van der Waals surface area contributed by atoms with E-state index in [0.717, 1.165) is 22.2 Å². The molecule has 1 heterocycles. The van der Waals surface area contributed by atoms with Gasteiger partial charge in [-0.15, -0.1) is 0 Å². The van der Waals surface area contributed by atoms with Crippen molar-refractivity contribution in [2.45, 2.75) is 11.9 Å². The topological polar surface area (TPSA) is 32.7 Å². The van der Waals surface area contributed by atoms with Crippen LogP contribution < -0.4 is 0 Å². The molecular formula is C18H14BrF3N2OS. The van der Waals surface area contributed by atoms with E-state index in [1.807, 2.05) is 24.3 Å². The van der Waals surface area contributed by atoms with Crippen molar-refractivity contribution in [3.8, 4) is 0 Å². The first-order valence-electron chi connectivity index (χ1n) is 7.75. The van der Waals surface area contributed by atoms with Crippen LogP contribution in [0.25, 0.3) is 0 Å². The average molecular weight is 443 g/mol. The number of carbonyl (C=O) groups is 1. The first-order chi connectivity index (χ1) is 12.3. The molecule has 0 aliphatic carbocycles. The Balaban J connectivity index is 1.67. The lowest BCUT2D eigenvalue weighted by molar-refractivity contribution is -0.137. The SMILES string of the molecule is O=C(c1ccc(C(F)(F)F)cc1)N1CCN=C1SCc1ccc(Br)cc1. The first kappa shape index (κ1) is 19.0. The van der Waals surface area contributed by atoms with Crippen LogP contribution in [0, 0.1) is 0 Å². The summed E-state index contributed by atoms with van der Waals surface area (Å²) < 4.78 is 38.9. The van der Waals surface area contributed by atoms with E-state index in [9.17, 15) is 18.0 Å². The predicted octanol–water partition coefficient (Wildman–Crippen LogP) is 5.21. The third-order valence-electron chi connectivity index (χ3n) is 3.79. The second-order valence-corrected chi connectivity index (χ2v) is 7.47. The minimum Gasteiger partial charge on any atom is -0.286 e. The van der Waals surface area contributed by atoms with Crippen molar-refractivity contribution in [1.29, 1.82) is 0 Å². The van der Waals surface area contributed by atoms with Gasteiger partial charge in [-0.25, -0.2) is 0 Å². The van der Waals surface area contributed by atoms with Gasteiger partial charge >= 0.3 is 6.18 Å². The lowest BCUT2D eigenvalue weighted by Crippen LogP contribution is -2.32. The van der Waals surface area contributed by atoms with E-state index in [-0.39, 0.29) is 11.5 Å². The normalized spacial score (nSPS) is 14.5. The third-order valence-corrected chi connectivity index (χ3v) is 5.40. The van der Waals surface area contributed by atoms with E-state index in [2.05, 4.69) is 20.9 Å². The van der Waals surface area contributed by atoms with Crippen LogP contribution >= 0.6 is 27.7 Å². The highest BCUT2D eigenvalue weighted by Gasteiger charge is 2.31. The van der Waals surface area contributed by atoms with E-state index in [1.54, 1.807) is 0 Å². The molecule has 8 heteroatoms. The lowest BCUT2D eigenvalue weighted by Gasteiger charge is -2.18. The number of amides is 1. The minimum absolute atomic E-state index is 0.219. The van der Waals surface area contributed by atoms with Gasteiger partial charge in [-0.2, -0.15) is 13.2 Å². The van der Waals surface area contributed by atoms with Gasteiger partial charge in [0.25, 0.3) is 5.91 Å². The molecule has 0 aromatic heterocycles. The Morgan fingerprint density at radius 2 is 1.77 bits per heavy atom. The molecule has 136 valence electrons. The maximum Gasteiger partial charge on any atom is 0.416 e. The molecule has 26 heavy (non-hydrogen) atoms. The Labute approximate surface area is 161 Å². The number of halogens is 4. The van der Waals surface area contributed by atoms with Crippen molar-refractivity contribution in [2.75, 3.05) is 13.1 Å². The van der Waals surface area contributed by atoms with Crippen LogP contribution in [0.1, 0.15) is 21.5 Å². The zero-order chi connectivity index (χ0) is 18.7. The van der Waals surface area contributed by atoms with Gasteiger partial charge in [-0.3, -0.25) is 14.7 Å². The maximum absolute atomic E-state index is 12.6. The fourth-order valence-electron chi connectivity index (χ4n) is 2.42. The number of amidine groups is 1. The molecule has 0 saturated carbocycles. The Hall–Kier alpha value is -1.80. The van der Waals surface area contributed by atoms with Gasteiger partial charge in [0, 0.05) is 22.3 Å². The number of hydrogen-bond acceptors (Lipinski definition) is 3. The van der Waals surface area contributed by atoms with Crippen molar-refractivity contribution in [2.24, 2.45) is 4.99 Å². The summed E-state index contributed by atoms with van der Waals surface area (Å²) in [5.74, 6) is 0.321. The molecule has 0 unspecified atom stereocenters. The summed E-state index contributed by atoms with van der Waals surface area (Å²) in [7, 11) is 0. The molecule has 0 radical (unpaired) electrons. The zero-order valence-corrected chi connectivity index (χ0v) is 15.9. The summed E-state index contributed by atoms with van der Waals surface area (Å²) >= 11 is 4.82. The highest BCUT2D eigenvalue weighted by molar-refractivity contribution is 9.10. The second kappa shape index (κ2) is 7.84. The van der Waals surface area contributed by atoms with Gasteiger partial charge in [-0.1, -0.05) is 39.8 Å². The molecule has 0 spiro atoms. The van der Waals surface area contributed by atoms with Crippen LogP contribution in [0.5, 0.6) is 0 Å². The second-order valence-electron chi connectivity index (χ2n) is 5.61. The van der Waals surface area contributed by atoms with Crippen LogP contribution in [0.4, 0.5) is 13.2 Å². The summed E-state index contributed by atoms with van der Waals surface area (Å²) in [6.07, 6.45) is -4.41. The molecule has 2 aromatic carbocycles. The average Bonchev–Trinajstić information content (AvgIpc) is 3.08. The number of thioether (sulfide) groups is 1. The van der Waals surface area contributed by atoms with Gasteiger partial charge in [0.1, 0.15) is 0 Å². The molecule has 1 aliphatic heterocycles. The van der Waals surface area contributed by atoms with Crippen LogP contribution in [0.15, 0.2) is 58.0 Å². The molecule has 0 N–H and O–H groups in total. The number of benzene rings is 2. The van der Waals surface area contributed by atoms with Gasteiger partial charge in [0.2, 0.25) is 0 Å². The number of alkyl halides is 3. The summed E-state index contributed by atoms with van der Waals surface area (Å²) in [6.45, 7) is 0.928. The lowest BCUT2D eigenvalue weighted by atomic mass is 10.1. The quantitative estimate of drug-likeness (QED) is 0.653. The Morgan fingerprint density at radius 3 is 2.38 bits per heavy atom. The minimum atomic E-state index is -4.41. The molecule has 2 aromatic rings. The van der Waals surface area contributed by atoms with Crippen molar-refractivity contribution in [3.63, 3.8) is 0 Å². The van der Waals surface area contributed by atoms with E-state index in [0.29, 0.717) is 24.0 Å². The maximum atomic E-state index is 12.6. The fraction of sp³-hybridized carbons (Fsp3) is 0.222. The van der Waals surface area contributed by atoms with E-state index in [1.165, 1.54) is 28.8 Å². The van der Waals surface area contributed by atoms with Crippen molar-refractivity contribution >= 4 is 38.8 Å². The van der Waals surface area contributed by atoms with Crippen molar-refractivity contribution in [1.82, 2.24) is 4.90 Å². The largest absolute Gasteiger partial charge is 0.416 e. The molecule has 3 rings (SSSR count). The first-order valence-corrected chi connectivity index (χ1v) is 9.53. The van der Waals surface area contributed by atoms with Crippen molar-refractivity contribution < 1.29 is 18.0 Å². The number of aliphatic imine (C=N–C) groups is 1. The number of carbonyl (C=O) groups excluding carboxylic acids is 1. The molecule has 1 amide bonds. The molecular weight excluding hydrogens is 429 g/mol. The molecule has 3 nitrogen and oxygen atoms in total. The third kappa shape index (κ3) is 4.48. The van der Waals surface area contributed by atoms with Crippen LogP contribution in [0.2, 0.25) is 0 Å². The monoisotopic (exact) mass is 442 g/mol. The van der Waals surface area contributed by atoms with Crippen molar-refractivity contribution in [3.05, 3.63) is 69.7 Å². The molecule has 1 aliphatic rings. The smallest absolute Gasteiger partial charge is 0.286 e. The van der Waals surface area contributed by atoms with Gasteiger partial charge in [0.15, 0.2) is 5.17 Å². The molecule has 0 bridgehead atoms. The van der Waals surface area contributed by atoms with Gasteiger partial charge in [-0.05, 0) is 42.0 Å². The summed E-state index contributed by atoms with van der Waals surface area (Å²) in [4.78, 5) is 18.5. The van der Waals surface area contributed by atoms with E-state index >= 15 is 0 Å². The van der Waals surface area contributed by atoms with Gasteiger partial charge in [0.05, 0.1) is 12.1 Å². The van der Waals surface area contributed by atoms with Crippen LogP contribution in [0.3, 0.4) is 0 Å². The Bertz CT molecular complexity index is 820. The molecule has 0 atom stereocenters. The number of rotatable bonds is 3. The standard InChI is InChI=1S/C18H14BrF3N2OS/c19-15-7-1-12(2-8-15)11-26-17-23-9-10-24(17)16(25)13-3-5-14(6-4-13)18(20,21)22/h1-8H,9-11H2. The Morgan fingerprint density at radius 1 is 1.12 bits per heavy atom. The Kier molecular flexibility index (Phi) is 5.72. The summed E-state index contributed by atoms with van der Waals surface area (Å²) in [5.41, 5.74) is 0.542.